The van der Waals surface area contributed by atoms with Crippen molar-refractivity contribution in [3.05, 3.63) is 47.4 Å². The standard InChI is InChI=1S/C22H28N8O/c1-6-29-13-24-27-21(29)17-8-7-9-19(25-17)30-12-16-15(22(30)31)10-20(28(5)14(2)3)26-18(16)11-23-4/h7-10,13-14,23H,6,11-12H2,1-5H3. The second-order valence-electron chi connectivity index (χ2n) is 7.90. The second-order valence-corrected chi connectivity index (χ2v) is 7.90. The van der Waals surface area contributed by atoms with Crippen LogP contribution in [0, 0.1) is 0 Å². The zero-order chi connectivity index (χ0) is 22.1. The summed E-state index contributed by atoms with van der Waals surface area (Å²) in [6.07, 6.45) is 1.68. The Hall–Kier alpha value is -3.33. The molecule has 0 saturated carbocycles. The van der Waals surface area contributed by atoms with Gasteiger partial charge < -0.3 is 14.8 Å². The van der Waals surface area contributed by atoms with Crippen molar-refractivity contribution in [2.75, 3.05) is 23.9 Å². The molecule has 0 atom stereocenters. The summed E-state index contributed by atoms with van der Waals surface area (Å²) in [4.78, 5) is 26.8. The van der Waals surface area contributed by atoms with Crippen LogP contribution in [-0.4, -0.2) is 50.8 Å². The molecule has 1 amide bonds. The van der Waals surface area contributed by atoms with Crippen LogP contribution in [0.2, 0.25) is 0 Å². The van der Waals surface area contributed by atoms with Crippen LogP contribution < -0.4 is 15.1 Å². The normalized spacial score (nSPS) is 13.2. The molecule has 31 heavy (non-hydrogen) atoms. The van der Waals surface area contributed by atoms with Crippen LogP contribution in [0.4, 0.5) is 11.6 Å². The number of carbonyl (C=O) groups excluding carboxylic acids is 1. The number of amides is 1. The molecule has 0 fully saturated rings. The first kappa shape index (κ1) is 20.9. The molecule has 0 aromatic carbocycles. The lowest BCUT2D eigenvalue weighted by molar-refractivity contribution is 0.0996. The summed E-state index contributed by atoms with van der Waals surface area (Å²) in [6, 6.07) is 7.81. The Morgan fingerprint density at radius 2 is 2.06 bits per heavy atom. The number of hydrogen-bond donors (Lipinski definition) is 1. The minimum atomic E-state index is -0.0604. The van der Waals surface area contributed by atoms with Crippen LogP contribution in [0.15, 0.2) is 30.6 Å². The summed E-state index contributed by atoms with van der Waals surface area (Å²) in [5, 5.41) is 11.4. The van der Waals surface area contributed by atoms with Crippen LogP contribution in [0.5, 0.6) is 0 Å². The first-order valence-corrected chi connectivity index (χ1v) is 10.5. The highest BCUT2D eigenvalue weighted by Gasteiger charge is 2.33. The van der Waals surface area contributed by atoms with E-state index in [0.717, 1.165) is 23.6 Å². The lowest BCUT2D eigenvalue weighted by atomic mass is 10.1. The fraction of sp³-hybridized carbons (Fsp3) is 0.409. The molecule has 0 radical (unpaired) electrons. The Morgan fingerprint density at radius 3 is 2.77 bits per heavy atom. The summed E-state index contributed by atoms with van der Waals surface area (Å²) in [7, 11) is 3.88. The molecule has 4 rings (SSSR count). The number of rotatable bonds is 7. The minimum absolute atomic E-state index is 0.0604. The van der Waals surface area contributed by atoms with E-state index in [1.165, 1.54) is 0 Å². The molecule has 0 saturated heterocycles. The fourth-order valence-corrected chi connectivity index (χ4v) is 3.68. The maximum Gasteiger partial charge on any atom is 0.260 e. The monoisotopic (exact) mass is 420 g/mol. The molecule has 162 valence electrons. The van der Waals surface area contributed by atoms with Crippen LogP contribution in [0.3, 0.4) is 0 Å². The quantitative estimate of drug-likeness (QED) is 0.628. The summed E-state index contributed by atoms with van der Waals surface area (Å²) >= 11 is 0. The van der Waals surface area contributed by atoms with Gasteiger partial charge in [-0.15, -0.1) is 10.2 Å². The van der Waals surface area contributed by atoms with E-state index >= 15 is 0 Å². The Labute approximate surface area is 182 Å². The van der Waals surface area contributed by atoms with E-state index in [9.17, 15) is 4.79 Å². The van der Waals surface area contributed by atoms with Crippen molar-refractivity contribution in [3.8, 4) is 11.5 Å². The van der Waals surface area contributed by atoms with E-state index in [4.69, 9.17) is 9.97 Å². The molecule has 0 spiro atoms. The number of nitrogens with one attached hydrogen (secondary N) is 1. The fourth-order valence-electron chi connectivity index (χ4n) is 3.68. The number of aromatic nitrogens is 5. The number of nitrogens with zero attached hydrogens (tertiary/aromatic N) is 7. The van der Waals surface area contributed by atoms with Gasteiger partial charge in [-0.25, -0.2) is 9.97 Å². The maximum atomic E-state index is 13.4. The van der Waals surface area contributed by atoms with Gasteiger partial charge in [0.2, 0.25) is 0 Å². The summed E-state index contributed by atoms with van der Waals surface area (Å²) in [5.74, 6) is 2.02. The third kappa shape index (κ3) is 3.76. The van der Waals surface area contributed by atoms with E-state index < -0.39 is 0 Å². The third-order valence-electron chi connectivity index (χ3n) is 5.66. The van der Waals surface area contributed by atoms with Gasteiger partial charge in [0.1, 0.15) is 23.7 Å². The van der Waals surface area contributed by atoms with Gasteiger partial charge in [-0.1, -0.05) is 6.07 Å². The smallest absolute Gasteiger partial charge is 0.260 e. The van der Waals surface area contributed by atoms with Gasteiger partial charge in [-0.05, 0) is 46.0 Å². The topological polar surface area (TPSA) is 92.1 Å². The molecule has 0 aliphatic carbocycles. The number of hydrogen-bond acceptors (Lipinski definition) is 7. The van der Waals surface area contributed by atoms with Crippen LogP contribution >= 0.6 is 0 Å². The molecular formula is C22H28N8O. The number of fused-ring (bicyclic) bond motifs is 1. The van der Waals surface area contributed by atoms with E-state index in [0.29, 0.717) is 36.0 Å². The lowest BCUT2D eigenvalue weighted by Gasteiger charge is -2.24. The van der Waals surface area contributed by atoms with Crippen molar-refractivity contribution < 1.29 is 4.79 Å². The molecule has 1 N–H and O–H groups in total. The molecule has 3 aromatic rings. The van der Waals surface area contributed by atoms with E-state index in [-0.39, 0.29) is 11.9 Å². The highest BCUT2D eigenvalue weighted by molar-refractivity contribution is 6.10. The molecule has 9 heteroatoms. The van der Waals surface area contributed by atoms with Crippen LogP contribution in [0.25, 0.3) is 11.5 Å². The van der Waals surface area contributed by atoms with Gasteiger partial charge in [0.15, 0.2) is 5.82 Å². The molecule has 0 bridgehead atoms. The van der Waals surface area contributed by atoms with Crippen LogP contribution in [-0.2, 0) is 19.6 Å². The largest absolute Gasteiger partial charge is 0.357 e. The number of carbonyl (C=O) groups is 1. The number of anilines is 2. The SMILES string of the molecule is CCn1cnnc1-c1cccc(N2Cc3c(cc(N(C)C(C)C)nc3CNC)C2=O)n1. The molecule has 9 nitrogen and oxygen atoms in total. The highest BCUT2D eigenvalue weighted by Crippen LogP contribution is 2.32. The maximum absolute atomic E-state index is 13.4. The molecule has 1 aliphatic rings. The predicted octanol–water partition coefficient (Wildman–Crippen LogP) is 2.48. The third-order valence-corrected chi connectivity index (χ3v) is 5.66. The van der Waals surface area contributed by atoms with Gasteiger partial charge in [0.25, 0.3) is 5.91 Å². The van der Waals surface area contributed by atoms with E-state index in [1.807, 2.05) is 49.9 Å². The lowest BCUT2D eigenvalue weighted by Crippen LogP contribution is -2.27. The van der Waals surface area contributed by atoms with Gasteiger partial charge in [-0.2, -0.15) is 0 Å². The van der Waals surface area contributed by atoms with Crippen molar-refractivity contribution in [2.24, 2.45) is 0 Å². The average Bonchev–Trinajstić information content (AvgIpc) is 3.38. The first-order valence-electron chi connectivity index (χ1n) is 10.5. The van der Waals surface area contributed by atoms with Gasteiger partial charge in [-0.3, -0.25) is 9.69 Å². The minimum Gasteiger partial charge on any atom is -0.357 e. The molecule has 1 aliphatic heterocycles. The molecular weight excluding hydrogens is 392 g/mol. The van der Waals surface area contributed by atoms with Gasteiger partial charge >= 0.3 is 0 Å². The van der Waals surface area contributed by atoms with Crippen molar-refractivity contribution in [3.63, 3.8) is 0 Å². The Kier molecular flexibility index (Phi) is 5.69. The highest BCUT2D eigenvalue weighted by atomic mass is 16.2. The Bertz CT molecular complexity index is 1110. The first-order chi connectivity index (χ1) is 14.9. The second kappa shape index (κ2) is 8.43. The summed E-state index contributed by atoms with van der Waals surface area (Å²) in [6.45, 7) is 8.01. The average molecular weight is 421 g/mol. The van der Waals surface area contributed by atoms with Gasteiger partial charge in [0, 0.05) is 31.7 Å². The Morgan fingerprint density at radius 1 is 1.26 bits per heavy atom. The number of aryl methyl sites for hydroxylation is 1. The van der Waals surface area contributed by atoms with E-state index in [1.54, 1.807) is 11.2 Å². The van der Waals surface area contributed by atoms with Crippen LogP contribution in [0.1, 0.15) is 42.4 Å². The van der Waals surface area contributed by atoms with Crippen molar-refractivity contribution in [2.45, 2.75) is 46.4 Å². The van der Waals surface area contributed by atoms with Crippen molar-refractivity contribution in [1.82, 2.24) is 30.0 Å². The predicted molar refractivity (Wildman–Crippen MR) is 120 cm³/mol. The van der Waals surface area contributed by atoms with E-state index in [2.05, 4.69) is 34.3 Å². The molecule has 3 aromatic heterocycles. The van der Waals surface area contributed by atoms with Gasteiger partial charge in [0.05, 0.1) is 17.8 Å². The number of pyridine rings is 2. The van der Waals surface area contributed by atoms with Crippen molar-refractivity contribution in [1.29, 1.82) is 0 Å². The zero-order valence-electron chi connectivity index (χ0n) is 18.6. The molecule has 0 unspecified atom stereocenters. The zero-order valence-corrected chi connectivity index (χ0v) is 18.6. The van der Waals surface area contributed by atoms with Crippen molar-refractivity contribution >= 4 is 17.5 Å². The summed E-state index contributed by atoms with van der Waals surface area (Å²) in [5.41, 5.74) is 3.21. The molecule has 4 heterocycles. The Balaban J connectivity index is 1.73. The summed E-state index contributed by atoms with van der Waals surface area (Å²) < 4.78 is 1.93.